The van der Waals surface area contributed by atoms with Crippen molar-refractivity contribution in [3.63, 3.8) is 0 Å². The monoisotopic (exact) mass is 1380 g/mol. The summed E-state index contributed by atoms with van der Waals surface area (Å²) >= 11 is 0. The molecule has 0 bridgehead atoms. The minimum Gasteiger partial charge on any atom is -0.201 e. The predicted octanol–water partition coefficient (Wildman–Crippen LogP) is 20.7. The van der Waals surface area contributed by atoms with Crippen LogP contribution < -0.4 is 27.4 Å². The summed E-state index contributed by atoms with van der Waals surface area (Å²) in [5.41, 5.74) is 34.5. The molecule has 0 saturated heterocycles. The summed E-state index contributed by atoms with van der Waals surface area (Å²) in [5, 5.41) is 0. The van der Waals surface area contributed by atoms with Crippen LogP contribution in [0.4, 0.5) is 0 Å². The summed E-state index contributed by atoms with van der Waals surface area (Å²) in [6, 6.07) is 62.9. The van der Waals surface area contributed by atoms with Crippen LogP contribution in [-0.4, -0.2) is 0 Å². The molecule has 6 heteroatoms. The fourth-order valence-corrected chi connectivity index (χ4v) is 13.5. The van der Waals surface area contributed by atoms with Crippen molar-refractivity contribution in [3.05, 3.63) is 319 Å². The molecule has 0 amide bonds. The summed E-state index contributed by atoms with van der Waals surface area (Å²) in [6.45, 7) is 34.5. The molecular formula is C97H122N6+6. The lowest BCUT2D eigenvalue weighted by atomic mass is 9.97. The molecule has 0 aliphatic rings. The number of hydrogen-bond donors (Lipinski definition) is 0. The molecule has 534 valence electrons. The van der Waals surface area contributed by atoms with Crippen molar-refractivity contribution in [1.29, 1.82) is 0 Å². The Morgan fingerprint density at radius 3 is 0.796 bits per heavy atom. The van der Waals surface area contributed by atoms with E-state index in [0.29, 0.717) is 0 Å². The Morgan fingerprint density at radius 1 is 0.272 bits per heavy atom. The first-order chi connectivity index (χ1) is 52.0. The van der Waals surface area contributed by atoms with Crippen LogP contribution in [0.1, 0.15) is 165 Å². The Labute approximate surface area is 633 Å². The molecule has 0 saturated carbocycles. The van der Waals surface area contributed by atoms with Crippen molar-refractivity contribution in [2.75, 3.05) is 0 Å². The fraction of sp³-hybridized carbons (Fsp3) is 0.320. The van der Waals surface area contributed by atoms with Gasteiger partial charge in [-0.1, -0.05) is 158 Å². The van der Waals surface area contributed by atoms with Crippen LogP contribution in [-0.2, 0) is 74.3 Å². The highest BCUT2D eigenvalue weighted by molar-refractivity contribution is 5.66. The minimum atomic E-state index is -2.35. The van der Waals surface area contributed by atoms with E-state index in [2.05, 4.69) is 294 Å². The molecule has 6 aromatic carbocycles. The third-order valence-corrected chi connectivity index (χ3v) is 19.7. The SMILES string of the molecule is CCc1c[n+](C)c(-c2ccccc2C)cc1C.CCc1c[n+](C)c(-c2ccccc2C)cc1C.CCc1cc(-c2ccccc2C)[n+](C)cc1C.[2H]C(C)(C)c1c[n+](C)c(-c2ccccc2C)cc1C.[2H]C([2H])(C)c1c[n+](C)c(-c2ccccc2C)cc1C.[2H]C([2H])([2H])c1c[n+](C)c(-c2ccccc2C)cc1C([2H])([2H])C. The van der Waals surface area contributed by atoms with Crippen LogP contribution in [0, 0.1) is 83.0 Å². The van der Waals surface area contributed by atoms with E-state index in [1.807, 2.05) is 81.9 Å². The first kappa shape index (κ1) is 69.0. The number of nitrogens with zero attached hydrogens (tertiary/aromatic N) is 6. The van der Waals surface area contributed by atoms with E-state index in [1.165, 1.54) is 130 Å². The zero-order chi connectivity index (χ0) is 82.4. The molecule has 0 unspecified atom stereocenters. The molecule has 103 heavy (non-hydrogen) atoms. The van der Waals surface area contributed by atoms with Crippen LogP contribution in [0.5, 0.6) is 0 Å². The Balaban J connectivity index is 0.000000185. The molecule has 0 spiro atoms. The standard InChI is InChI=1S/C17H22N.5C16H20N/c1-12(2)16-11-18(5)17(10-14(16)4)15-9-7-6-8-13(15)3;2*1-5-14-10-16(17(4)11-13(14)3)15-9-7-6-8-12(15)2;3*1-5-14-11-17(4)16(10-13(14)3)15-9-7-6-8-12(15)2/h6-12H,1-5H3;5*6-11H,5H2,1-4H3/q6*+1/i12D;3D3,5D2;;5D2;;. The molecule has 0 N–H and O–H groups in total. The quantitative estimate of drug-likeness (QED) is 0.109. The average Bonchev–Trinajstić information content (AvgIpc) is 0.765. The van der Waals surface area contributed by atoms with Gasteiger partial charge in [0.25, 0.3) is 0 Å². The first-order valence-corrected chi connectivity index (χ1v) is 36.4. The number of pyridine rings is 6. The van der Waals surface area contributed by atoms with Crippen LogP contribution >= 0.6 is 0 Å². The maximum atomic E-state index is 8.21. The number of aryl methyl sites for hydroxylation is 23. The molecule has 0 atom stereocenters. The van der Waals surface area contributed by atoms with Gasteiger partial charge >= 0.3 is 0 Å². The smallest absolute Gasteiger partial charge is 0.201 e. The fourth-order valence-electron chi connectivity index (χ4n) is 13.5. The van der Waals surface area contributed by atoms with Gasteiger partial charge in [0.05, 0.1) is 0 Å². The lowest BCUT2D eigenvalue weighted by Crippen LogP contribution is -2.32. The zero-order valence-electron chi connectivity index (χ0n) is 74.6. The minimum absolute atomic E-state index is 0.0554. The van der Waals surface area contributed by atoms with Gasteiger partial charge in [-0.05, 0) is 224 Å². The molecule has 12 rings (SSSR count). The zero-order valence-corrected chi connectivity index (χ0v) is 66.6. The van der Waals surface area contributed by atoms with E-state index in [9.17, 15) is 0 Å². The Bertz CT molecular complexity index is 5010. The van der Waals surface area contributed by atoms with Gasteiger partial charge in [0.1, 0.15) is 42.3 Å². The van der Waals surface area contributed by atoms with Crippen LogP contribution in [0.25, 0.3) is 67.5 Å². The third kappa shape index (κ3) is 20.7. The molecule has 6 aromatic heterocycles. The lowest BCUT2D eigenvalue weighted by Gasteiger charge is -2.11. The van der Waals surface area contributed by atoms with Gasteiger partial charge in [0.15, 0.2) is 37.2 Å². The van der Waals surface area contributed by atoms with Gasteiger partial charge < -0.3 is 0 Å². The van der Waals surface area contributed by atoms with Crippen molar-refractivity contribution < 1.29 is 38.4 Å². The van der Waals surface area contributed by atoms with E-state index >= 15 is 0 Å². The third-order valence-electron chi connectivity index (χ3n) is 19.7. The molecule has 0 aliphatic carbocycles. The van der Waals surface area contributed by atoms with E-state index in [-0.39, 0.29) is 11.1 Å². The Morgan fingerprint density at radius 2 is 0.515 bits per heavy atom. The van der Waals surface area contributed by atoms with E-state index < -0.39 is 25.5 Å². The van der Waals surface area contributed by atoms with Gasteiger partial charge in [-0.3, -0.25) is 0 Å². The van der Waals surface area contributed by atoms with Crippen molar-refractivity contribution in [2.24, 2.45) is 42.3 Å². The van der Waals surface area contributed by atoms with Crippen molar-refractivity contribution in [2.45, 2.75) is 169 Å². The first-order valence-electron chi connectivity index (χ1n) is 40.4. The van der Waals surface area contributed by atoms with Crippen LogP contribution in [0.3, 0.4) is 0 Å². The largest absolute Gasteiger partial charge is 0.212 e. The highest BCUT2D eigenvalue weighted by atomic mass is 14.9. The highest BCUT2D eigenvalue weighted by Crippen LogP contribution is 2.29. The van der Waals surface area contributed by atoms with Gasteiger partial charge in [0.2, 0.25) is 34.2 Å². The van der Waals surface area contributed by atoms with E-state index in [0.717, 1.165) is 58.5 Å². The number of hydrogen-bond acceptors (Lipinski definition) is 0. The summed E-state index contributed by atoms with van der Waals surface area (Å²) in [7, 11) is 12.2. The molecule has 0 fully saturated rings. The Hall–Kier alpha value is -9.78. The van der Waals surface area contributed by atoms with Crippen molar-refractivity contribution in [1.82, 2.24) is 0 Å². The van der Waals surface area contributed by atoms with Crippen molar-refractivity contribution >= 4 is 0 Å². The summed E-state index contributed by atoms with van der Waals surface area (Å²) in [4.78, 5) is 0. The predicted molar refractivity (Wildman–Crippen MR) is 436 cm³/mol. The molecule has 0 aliphatic heterocycles. The number of benzene rings is 6. The van der Waals surface area contributed by atoms with Crippen LogP contribution in [0.15, 0.2) is 219 Å². The molecule has 12 aromatic rings. The number of rotatable bonds is 12. The number of aromatic nitrogens is 6. The maximum Gasteiger partial charge on any atom is 0.212 e. The topological polar surface area (TPSA) is 23.3 Å². The molecule has 6 nitrogen and oxygen atoms in total. The molecular weight excluding hydrogens is 1250 g/mol. The summed E-state index contributed by atoms with van der Waals surface area (Å²) < 4.78 is 75.5. The van der Waals surface area contributed by atoms with E-state index in [4.69, 9.17) is 11.0 Å². The average molecular weight is 1380 g/mol. The normalized spacial score (nSPS) is 12.3. The second-order valence-electron chi connectivity index (χ2n) is 27.7. The van der Waals surface area contributed by atoms with Gasteiger partial charge in [-0.25, -0.2) is 27.4 Å². The van der Waals surface area contributed by atoms with Crippen LogP contribution in [0.2, 0.25) is 0 Å². The second kappa shape index (κ2) is 37.9. The van der Waals surface area contributed by atoms with Gasteiger partial charge in [-0.15, -0.1) is 0 Å². The molecule has 6 heterocycles. The molecule has 0 radical (unpaired) electrons. The summed E-state index contributed by atoms with van der Waals surface area (Å²) in [5.74, 6) is -0.563. The Kier molecular flexibility index (Phi) is 25.4. The van der Waals surface area contributed by atoms with Crippen molar-refractivity contribution in [3.8, 4) is 67.5 Å². The maximum absolute atomic E-state index is 8.21. The lowest BCUT2D eigenvalue weighted by molar-refractivity contribution is -0.661. The second-order valence-corrected chi connectivity index (χ2v) is 27.7. The van der Waals surface area contributed by atoms with E-state index in [1.54, 1.807) is 24.6 Å². The van der Waals surface area contributed by atoms with Gasteiger partial charge in [0, 0.05) is 114 Å². The highest BCUT2D eigenvalue weighted by Gasteiger charge is 2.21. The van der Waals surface area contributed by atoms with Gasteiger partial charge in [-0.2, -0.15) is 0 Å². The summed E-state index contributed by atoms with van der Waals surface area (Å²) in [6.07, 6.45) is 12.5.